The van der Waals surface area contributed by atoms with Gasteiger partial charge in [0.25, 0.3) is 0 Å². The topological polar surface area (TPSA) is 47.6 Å². The first kappa shape index (κ1) is 17.5. The standard InChI is InChI=1S/C18H22NO3P/c1-3-21-23(20,22-4-2)18(15-16-11-7-5-8-12-16)19-17-13-9-6-10-14-17/h5-15,19H,3-4H2,1-2H3/b18-15-. The number of anilines is 1. The quantitative estimate of drug-likeness (QED) is 0.661. The average molecular weight is 331 g/mol. The highest BCUT2D eigenvalue weighted by atomic mass is 31.2. The summed E-state index contributed by atoms with van der Waals surface area (Å²) in [5.74, 6) is 0. The predicted octanol–water partition coefficient (Wildman–Crippen LogP) is 5.36. The molecule has 0 aliphatic heterocycles. The lowest BCUT2D eigenvalue weighted by molar-refractivity contribution is 0.227. The van der Waals surface area contributed by atoms with Crippen molar-refractivity contribution in [2.75, 3.05) is 18.5 Å². The Balaban J connectivity index is 2.41. The molecule has 5 heteroatoms. The summed E-state index contributed by atoms with van der Waals surface area (Å²) >= 11 is 0. The molecule has 0 spiro atoms. The van der Waals surface area contributed by atoms with Gasteiger partial charge in [-0.3, -0.25) is 4.57 Å². The largest absolute Gasteiger partial charge is 0.377 e. The van der Waals surface area contributed by atoms with Gasteiger partial charge in [-0.15, -0.1) is 0 Å². The number of hydrogen-bond acceptors (Lipinski definition) is 4. The third-order valence-electron chi connectivity index (χ3n) is 3.04. The van der Waals surface area contributed by atoms with Gasteiger partial charge in [-0.2, -0.15) is 0 Å². The van der Waals surface area contributed by atoms with Crippen LogP contribution in [0, 0.1) is 0 Å². The third-order valence-corrected chi connectivity index (χ3v) is 5.07. The number of benzene rings is 2. The Kier molecular flexibility index (Phi) is 6.60. The van der Waals surface area contributed by atoms with Crippen LogP contribution in [0.25, 0.3) is 6.08 Å². The van der Waals surface area contributed by atoms with Crippen molar-refractivity contribution in [3.05, 3.63) is 71.7 Å². The minimum absolute atomic E-state index is 0.305. The molecule has 0 atom stereocenters. The molecule has 0 aromatic heterocycles. The molecule has 0 amide bonds. The summed E-state index contributed by atoms with van der Waals surface area (Å²) in [5, 5.41) is 3.19. The zero-order valence-electron chi connectivity index (χ0n) is 13.4. The van der Waals surface area contributed by atoms with Crippen LogP contribution in [0.1, 0.15) is 19.4 Å². The molecule has 0 fully saturated rings. The highest BCUT2D eigenvalue weighted by Gasteiger charge is 2.30. The fraction of sp³-hybridized carbons (Fsp3) is 0.222. The van der Waals surface area contributed by atoms with Crippen LogP contribution >= 0.6 is 7.60 Å². The Morgan fingerprint density at radius 1 is 0.957 bits per heavy atom. The van der Waals surface area contributed by atoms with Crippen molar-refractivity contribution in [3.8, 4) is 0 Å². The molecule has 0 aliphatic carbocycles. The molecule has 2 rings (SSSR count). The molecule has 0 aliphatic rings. The van der Waals surface area contributed by atoms with E-state index in [2.05, 4.69) is 5.32 Å². The molecular formula is C18H22NO3P. The van der Waals surface area contributed by atoms with Crippen LogP contribution in [0.2, 0.25) is 0 Å². The SMILES string of the molecule is CCOP(=O)(OCC)/C(=C\c1ccccc1)Nc1ccccc1. The maximum Gasteiger partial charge on any atom is 0.377 e. The van der Waals surface area contributed by atoms with Crippen LogP contribution in [0.15, 0.2) is 66.1 Å². The summed E-state index contributed by atoms with van der Waals surface area (Å²) in [4.78, 5) is 0. The highest BCUT2D eigenvalue weighted by molar-refractivity contribution is 7.58. The van der Waals surface area contributed by atoms with E-state index in [0.29, 0.717) is 18.7 Å². The van der Waals surface area contributed by atoms with Crippen molar-refractivity contribution in [3.63, 3.8) is 0 Å². The van der Waals surface area contributed by atoms with E-state index in [1.165, 1.54) is 0 Å². The lowest BCUT2D eigenvalue weighted by Crippen LogP contribution is -2.06. The molecule has 0 heterocycles. The van der Waals surface area contributed by atoms with Crippen molar-refractivity contribution >= 4 is 19.4 Å². The van der Waals surface area contributed by atoms with Gasteiger partial charge in [0, 0.05) is 5.69 Å². The van der Waals surface area contributed by atoms with Crippen LogP contribution < -0.4 is 5.32 Å². The third kappa shape index (κ3) is 5.07. The minimum atomic E-state index is -3.41. The normalized spacial score (nSPS) is 12.2. The van der Waals surface area contributed by atoms with Gasteiger partial charge in [0.2, 0.25) is 0 Å². The van der Waals surface area contributed by atoms with E-state index >= 15 is 0 Å². The molecule has 0 unspecified atom stereocenters. The fourth-order valence-corrected chi connectivity index (χ4v) is 3.68. The number of nitrogens with one attached hydrogen (secondary N) is 1. The van der Waals surface area contributed by atoms with Crippen LogP contribution in [0.5, 0.6) is 0 Å². The Morgan fingerprint density at radius 2 is 1.48 bits per heavy atom. The Labute approximate surface area is 137 Å². The summed E-state index contributed by atoms with van der Waals surface area (Å²) in [6.07, 6.45) is 1.80. The van der Waals surface area contributed by atoms with Crippen molar-refractivity contribution in [2.24, 2.45) is 0 Å². The van der Waals surface area contributed by atoms with Gasteiger partial charge in [0.1, 0.15) is 5.44 Å². The minimum Gasteiger partial charge on any atom is -0.349 e. The molecule has 0 saturated carbocycles. The first-order valence-electron chi connectivity index (χ1n) is 7.66. The zero-order chi connectivity index (χ0) is 16.5. The summed E-state index contributed by atoms with van der Waals surface area (Å²) < 4.78 is 24.1. The fourth-order valence-electron chi connectivity index (χ4n) is 2.08. The van der Waals surface area contributed by atoms with E-state index in [4.69, 9.17) is 9.05 Å². The van der Waals surface area contributed by atoms with E-state index in [1.54, 1.807) is 19.9 Å². The van der Waals surface area contributed by atoms with Crippen LogP contribution in [-0.4, -0.2) is 13.2 Å². The lowest BCUT2D eigenvalue weighted by atomic mass is 10.2. The van der Waals surface area contributed by atoms with Crippen LogP contribution in [-0.2, 0) is 13.6 Å². The van der Waals surface area contributed by atoms with Crippen LogP contribution in [0.3, 0.4) is 0 Å². The van der Waals surface area contributed by atoms with E-state index in [1.807, 2.05) is 60.7 Å². The molecule has 122 valence electrons. The Morgan fingerprint density at radius 3 is 2.00 bits per heavy atom. The van der Waals surface area contributed by atoms with Gasteiger partial charge in [-0.05, 0) is 37.6 Å². The van der Waals surface area contributed by atoms with Gasteiger partial charge in [-0.1, -0.05) is 48.5 Å². The van der Waals surface area contributed by atoms with Gasteiger partial charge < -0.3 is 14.4 Å². The molecule has 0 bridgehead atoms. The molecule has 1 N–H and O–H groups in total. The average Bonchev–Trinajstić information content (AvgIpc) is 2.57. The van der Waals surface area contributed by atoms with Crippen molar-refractivity contribution < 1.29 is 13.6 Å². The lowest BCUT2D eigenvalue weighted by Gasteiger charge is -2.21. The molecule has 2 aromatic carbocycles. The number of para-hydroxylation sites is 1. The summed E-state index contributed by atoms with van der Waals surface area (Å²) in [7, 11) is -3.41. The monoisotopic (exact) mass is 331 g/mol. The number of rotatable bonds is 8. The predicted molar refractivity (Wildman–Crippen MR) is 95.3 cm³/mol. The summed E-state index contributed by atoms with van der Waals surface area (Å²) in [5.41, 5.74) is 2.18. The van der Waals surface area contributed by atoms with Crippen LogP contribution in [0.4, 0.5) is 5.69 Å². The van der Waals surface area contributed by atoms with Gasteiger partial charge in [0.15, 0.2) is 0 Å². The zero-order valence-corrected chi connectivity index (χ0v) is 14.3. The van der Waals surface area contributed by atoms with Crippen molar-refractivity contribution in [1.82, 2.24) is 0 Å². The second-order valence-corrected chi connectivity index (χ2v) is 6.76. The van der Waals surface area contributed by atoms with Crippen molar-refractivity contribution in [1.29, 1.82) is 0 Å². The van der Waals surface area contributed by atoms with Crippen molar-refractivity contribution in [2.45, 2.75) is 13.8 Å². The summed E-state index contributed by atoms with van der Waals surface area (Å²) in [6.45, 7) is 4.21. The first-order valence-corrected chi connectivity index (χ1v) is 9.20. The first-order chi connectivity index (χ1) is 11.2. The smallest absolute Gasteiger partial charge is 0.349 e. The van der Waals surface area contributed by atoms with E-state index in [9.17, 15) is 4.57 Å². The second-order valence-electron chi connectivity index (χ2n) is 4.76. The molecule has 23 heavy (non-hydrogen) atoms. The molecule has 0 saturated heterocycles. The molecule has 2 aromatic rings. The Bertz CT molecular complexity index is 661. The van der Waals surface area contributed by atoms with Gasteiger partial charge in [-0.25, -0.2) is 0 Å². The van der Waals surface area contributed by atoms with Gasteiger partial charge in [0.05, 0.1) is 13.2 Å². The maximum absolute atomic E-state index is 13.1. The molecule has 0 radical (unpaired) electrons. The Hall–Kier alpha value is -1.87. The van der Waals surface area contributed by atoms with E-state index in [0.717, 1.165) is 11.3 Å². The van der Waals surface area contributed by atoms with Gasteiger partial charge >= 0.3 is 7.60 Å². The van der Waals surface area contributed by atoms with E-state index in [-0.39, 0.29) is 0 Å². The second kappa shape index (κ2) is 8.68. The number of hydrogen-bond donors (Lipinski definition) is 1. The maximum atomic E-state index is 13.1. The highest BCUT2D eigenvalue weighted by Crippen LogP contribution is 2.56. The van der Waals surface area contributed by atoms with E-state index < -0.39 is 7.60 Å². The molecular weight excluding hydrogens is 309 g/mol. The summed E-state index contributed by atoms with van der Waals surface area (Å²) in [6, 6.07) is 19.2. The molecule has 4 nitrogen and oxygen atoms in total.